The van der Waals surface area contributed by atoms with Crippen LogP contribution in [0.3, 0.4) is 0 Å². The van der Waals surface area contributed by atoms with E-state index in [2.05, 4.69) is 52.5 Å². The number of nitrogens with zero attached hydrogens (tertiary/aromatic N) is 4. The van der Waals surface area contributed by atoms with Gasteiger partial charge in [-0.3, -0.25) is 4.98 Å². The maximum absolute atomic E-state index is 13.5. The van der Waals surface area contributed by atoms with Gasteiger partial charge in [-0.25, -0.2) is 0 Å². The summed E-state index contributed by atoms with van der Waals surface area (Å²) in [5.74, 6) is 0. The molecule has 2 unspecified atom stereocenters. The quantitative estimate of drug-likeness (QED) is 0.396. The SMILES string of the molecule is CC1=C(C[N+]2([O-])C=CC(Nc3cc(-c4cccc(C#N)c4)cc4ccncc34)CC2)N(C)CC=C1. The van der Waals surface area contributed by atoms with E-state index in [1.54, 1.807) is 12.4 Å². The summed E-state index contributed by atoms with van der Waals surface area (Å²) in [4.78, 5) is 6.49. The molecule has 3 heterocycles. The summed E-state index contributed by atoms with van der Waals surface area (Å²) in [6.07, 6.45) is 12.4. The molecule has 0 amide bonds. The fraction of sp³-hybridized carbons (Fsp3) is 0.241. The van der Waals surface area contributed by atoms with Crippen molar-refractivity contribution in [1.82, 2.24) is 9.88 Å². The van der Waals surface area contributed by atoms with Gasteiger partial charge in [-0.05, 0) is 65.4 Å². The van der Waals surface area contributed by atoms with E-state index >= 15 is 0 Å². The van der Waals surface area contributed by atoms with E-state index in [0.717, 1.165) is 51.8 Å². The number of anilines is 1. The summed E-state index contributed by atoms with van der Waals surface area (Å²) in [5, 5.41) is 28.6. The highest BCUT2D eigenvalue weighted by molar-refractivity contribution is 5.97. The highest BCUT2D eigenvalue weighted by Gasteiger charge is 2.26. The molecule has 6 heteroatoms. The van der Waals surface area contributed by atoms with Crippen molar-refractivity contribution >= 4 is 16.5 Å². The zero-order chi connectivity index (χ0) is 24.4. The minimum absolute atomic E-state index is 0.0540. The van der Waals surface area contributed by atoms with Gasteiger partial charge in [0.25, 0.3) is 0 Å². The molecule has 2 aliphatic heterocycles. The molecule has 6 nitrogen and oxygen atoms in total. The molecule has 0 radical (unpaired) electrons. The third kappa shape index (κ3) is 4.83. The van der Waals surface area contributed by atoms with Crippen molar-refractivity contribution in [3.8, 4) is 17.2 Å². The number of hydroxylamine groups is 3. The lowest BCUT2D eigenvalue weighted by Crippen LogP contribution is -2.46. The lowest BCUT2D eigenvalue weighted by atomic mass is 9.98. The van der Waals surface area contributed by atoms with Crippen molar-refractivity contribution in [2.24, 2.45) is 0 Å². The second-order valence-electron chi connectivity index (χ2n) is 9.44. The van der Waals surface area contributed by atoms with Crippen LogP contribution >= 0.6 is 0 Å². The molecule has 2 atom stereocenters. The lowest BCUT2D eigenvalue weighted by Gasteiger charge is -2.44. The van der Waals surface area contributed by atoms with Crippen LogP contribution in [0, 0.1) is 16.5 Å². The van der Waals surface area contributed by atoms with Crippen molar-refractivity contribution in [3.05, 3.63) is 101 Å². The maximum Gasteiger partial charge on any atom is 0.123 e. The number of nitriles is 1. The van der Waals surface area contributed by atoms with E-state index < -0.39 is 0 Å². The number of fused-ring (bicyclic) bond motifs is 1. The first-order valence-corrected chi connectivity index (χ1v) is 11.9. The van der Waals surface area contributed by atoms with E-state index in [4.69, 9.17) is 0 Å². The Kier molecular flexibility index (Phi) is 6.12. The summed E-state index contributed by atoms with van der Waals surface area (Å²) in [6.45, 7) is 3.88. The van der Waals surface area contributed by atoms with Gasteiger partial charge in [-0.15, -0.1) is 0 Å². The molecule has 176 valence electrons. The fourth-order valence-corrected chi connectivity index (χ4v) is 4.89. The van der Waals surface area contributed by atoms with Crippen LogP contribution in [0.1, 0.15) is 18.9 Å². The number of benzene rings is 2. The first-order chi connectivity index (χ1) is 16.9. The number of hydrogen-bond donors (Lipinski definition) is 1. The van der Waals surface area contributed by atoms with Gasteiger partial charge in [0.1, 0.15) is 6.54 Å². The van der Waals surface area contributed by atoms with Gasteiger partial charge >= 0.3 is 0 Å². The van der Waals surface area contributed by atoms with E-state index in [0.29, 0.717) is 18.7 Å². The minimum Gasteiger partial charge on any atom is -0.627 e. The Labute approximate surface area is 206 Å². The van der Waals surface area contributed by atoms with Crippen LogP contribution in [0.5, 0.6) is 0 Å². The van der Waals surface area contributed by atoms with Crippen LogP contribution in [-0.4, -0.2) is 47.3 Å². The summed E-state index contributed by atoms with van der Waals surface area (Å²) in [5.41, 5.74) is 5.92. The van der Waals surface area contributed by atoms with Crippen molar-refractivity contribution in [3.63, 3.8) is 0 Å². The average molecular weight is 464 g/mol. The van der Waals surface area contributed by atoms with E-state index in [1.165, 1.54) is 0 Å². The normalized spacial score (nSPS) is 21.9. The zero-order valence-electron chi connectivity index (χ0n) is 20.1. The van der Waals surface area contributed by atoms with Crippen LogP contribution in [-0.2, 0) is 0 Å². The minimum atomic E-state index is -0.341. The summed E-state index contributed by atoms with van der Waals surface area (Å²) in [6, 6.07) is 16.2. The van der Waals surface area contributed by atoms with Gasteiger partial charge in [0.15, 0.2) is 0 Å². The molecule has 0 bridgehead atoms. The van der Waals surface area contributed by atoms with E-state index in [9.17, 15) is 10.5 Å². The summed E-state index contributed by atoms with van der Waals surface area (Å²) in [7, 11) is 2.05. The molecule has 0 spiro atoms. The molecule has 0 saturated carbocycles. The number of pyridine rings is 1. The molecule has 0 fully saturated rings. The predicted molar refractivity (Wildman–Crippen MR) is 141 cm³/mol. The van der Waals surface area contributed by atoms with Crippen molar-refractivity contribution < 1.29 is 4.65 Å². The lowest BCUT2D eigenvalue weighted by molar-refractivity contribution is -0.827. The number of rotatable bonds is 5. The van der Waals surface area contributed by atoms with Crippen molar-refractivity contribution in [1.29, 1.82) is 5.26 Å². The topological polar surface area (TPSA) is 75.0 Å². The second-order valence-corrected chi connectivity index (χ2v) is 9.44. The molecule has 35 heavy (non-hydrogen) atoms. The fourth-order valence-electron chi connectivity index (χ4n) is 4.89. The zero-order valence-corrected chi connectivity index (χ0v) is 20.1. The maximum atomic E-state index is 13.5. The molecule has 2 aromatic carbocycles. The molecule has 0 saturated heterocycles. The van der Waals surface area contributed by atoms with Crippen LogP contribution < -0.4 is 5.32 Å². The predicted octanol–water partition coefficient (Wildman–Crippen LogP) is 5.56. The van der Waals surface area contributed by atoms with Crippen LogP contribution in [0.2, 0.25) is 0 Å². The van der Waals surface area contributed by atoms with E-state index in [1.807, 2.05) is 49.7 Å². The van der Waals surface area contributed by atoms with Crippen molar-refractivity contribution in [2.75, 3.05) is 32.0 Å². The molecule has 1 N–H and O–H groups in total. The van der Waals surface area contributed by atoms with Gasteiger partial charge in [-0.2, -0.15) is 5.26 Å². The average Bonchev–Trinajstić information content (AvgIpc) is 2.88. The number of likely N-dealkylation sites (N-methyl/N-ethyl adjacent to an activating group) is 1. The first-order valence-electron chi connectivity index (χ1n) is 11.9. The number of hydrogen-bond acceptors (Lipinski definition) is 5. The van der Waals surface area contributed by atoms with Crippen LogP contribution in [0.4, 0.5) is 5.69 Å². The number of nitrogens with one attached hydrogen (secondary N) is 1. The first kappa shape index (κ1) is 22.9. The Morgan fingerprint density at radius 3 is 2.89 bits per heavy atom. The molecule has 0 aliphatic carbocycles. The smallest absolute Gasteiger partial charge is 0.123 e. The van der Waals surface area contributed by atoms with Gasteiger partial charge in [0.2, 0.25) is 0 Å². The third-order valence-electron chi connectivity index (χ3n) is 6.91. The molecular weight excluding hydrogens is 434 g/mol. The molecule has 2 aliphatic rings. The summed E-state index contributed by atoms with van der Waals surface area (Å²) < 4.78 is -0.341. The Bertz CT molecular complexity index is 1400. The third-order valence-corrected chi connectivity index (χ3v) is 6.91. The van der Waals surface area contributed by atoms with Crippen LogP contribution in [0.15, 0.2) is 90.6 Å². The number of allylic oxidation sites excluding steroid dienone is 2. The van der Waals surface area contributed by atoms with Gasteiger partial charge in [-0.1, -0.05) is 24.3 Å². The Hall–Kier alpha value is -3.92. The Morgan fingerprint density at radius 2 is 2.11 bits per heavy atom. The monoisotopic (exact) mass is 463 g/mol. The highest BCUT2D eigenvalue weighted by Crippen LogP contribution is 2.33. The van der Waals surface area contributed by atoms with Gasteiger partial charge in [0, 0.05) is 43.5 Å². The standard InChI is InChI=1S/C29H29N5O/c1-21-5-4-12-33(2)29(21)20-34(35)13-9-26(10-14-34)32-28-17-25(16-24-8-11-31-19-27(24)28)23-7-3-6-22(15-23)18-30/h3-9,11,13,15-17,19,26,32H,10,12,14,20H2,1-2H3. The largest absolute Gasteiger partial charge is 0.627 e. The Morgan fingerprint density at radius 1 is 1.23 bits per heavy atom. The Balaban J connectivity index is 1.41. The van der Waals surface area contributed by atoms with Gasteiger partial charge < -0.3 is 20.1 Å². The van der Waals surface area contributed by atoms with Gasteiger partial charge in [0.05, 0.1) is 36.1 Å². The molecule has 3 aromatic rings. The van der Waals surface area contributed by atoms with E-state index in [-0.39, 0.29) is 10.7 Å². The molecular formula is C29H29N5O. The van der Waals surface area contributed by atoms with Crippen molar-refractivity contribution in [2.45, 2.75) is 19.4 Å². The highest BCUT2D eigenvalue weighted by atomic mass is 16.5. The van der Waals surface area contributed by atoms with Crippen LogP contribution in [0.25, 0.3) is 21.9 Å². The molecule has 1 aromatic heterocycles. The second kappa shape index (κ2) is 9.38. The summed E-state index contributed by atoms with van der Waals surface area (Å²) >= 11 is 0. The number of aromatic nitrogens is 1. The molecule has 5 rings (SSSR count). The number of quaternary nitrogens is 1.